The van der Waals surface area contributed by atoms with Crippen LogP contribution in [0.15, 0.2) is 60.9 Å². The predicted molar refractivity (Wildman–Crippen MR) is 95.2 cm³/mol. The number of aromatic nitrogens is 3. The van der Waals surface area contributed by atoms with Crippen LogP contribution in [-0.2, 0) is 0 Å². The van der Waals surface area contributed by atoms with Crippen molar-refractivity contribution < 1.29 is 5.11 Å². The highest BCUT2D eigenvalue weighted by Gasteiger charge is 2.09. The third-order valence-electron chi connectivity index (χ3n) is 3.41. The SMILES string of the molecule is OCCCNc1ncnc(-c2ccccc2Nc2ccccc2)n1. The lowest BCUT2D eigenvalue weighted by atomic mass is 10.1. The molecule has 3 N–H and O–H groups in total. The van der Waals surface area contributed by atoms with E-state index in [4.69, 9.17) is 5.11 Å². The number of benzene rings is 2. The number of aliphatic hydroxyl groups excluding tert-OH is 1. The molecular weight excluding hydrogens is 302 g/mol. The van der Waals surface area contributed by atoms with E-state index in [1.54, 1.807) is 0 Å². The van der Waals surface area contributed by atoms with Crippen LogP contribution in [0.25, 0.3) is 11.4 Å². The number of nitrogens with zero attached hydrogens (tertiary/aromatic N) is 3. The Morgan fingerprint density at radius 2 is 1.71 bits per heavy atom. The van der Waals surface area contributed by atoms with E-state index >= 15 is 0 Å². The minimum absolute atomic E-state index is 0.134. The molecule has 0 aliphatic carbocycles. The molecule has 0 unspecified atom stereocenters. The molecule has 6 nitrogen and oxygen atoms in total. The molecule has 0 bridgehead atoms. The van der Waals surface area contributed by atoms with Gasteiger partial charge in [-0.2, -0.15) is 4.98 Å². The van der Waals surface area contributed by atoms with Gasteiger partial charge in [-0.05, 0) is 30.7 Å². The zero-order valence-electron chi connectivity index (χ0n) is 13.2. The van der Waals surface area contributed by atoms with E-state index in [1.165, 1.54) is 6.33 Å². The van der Waals surface area contributed by atoms with Gasteiger partial charge in [0.25, 0.3) is 0 Å². The minimum Gasteiger partial charge on any atom is -0.396 e. The molecule has 0 atom stereocenters. The first-order valence-electron chi connectivity index (χ1n) is 7.82. The van der Waals surface area contributed by atoms with Gasteiger partial charge in [0.1, 0.15) is 6.33 Å². The zero-order chi connectivity index (χ0) is 16.6. The van der Waals surface area contributed by atoms with Crippen LogP contribution in [0.1, 0.15) is 6.42 Å². The van der Waals surface area contributed by atoms with Crippen LogP contribution in [0, 0.1) is 0 Å². The van der Waals surface area contributed by atoms with E-state index in [0.29, 0.717) is 24.7 Å². The van der Waals surface area contributed by atoms with E-state index in [0.717, 1.165) is 16.9 Å². The highest BCUT2D eigenvalue weighted by molar-refractivity contribution is 5.77. The van der Waals surface area contributed by atoms with Crippen molar-refractivity contribution in [2.75, 3.05) is 23.8 Å². The Morgan fingerprint density at radius 3 is 2.54 bits per heavy atom. The number of rotatable bonds is 7. The third-order valence-corrected chi connectivity index (χ3v) is 3.41. The molecule has 122 valence electrons. The number of hydrogen-bond acceptors (Lipinski definition) is 6. The molecule has 6 heteroatoms. The Bertz CT molecular complexity index is 779. The molecule has 0 aliphatic heterocycles. The quantitative estimate of drug-likeness (QED) is 0.580. The van der Waals surface area contributed by atoms with Gasteiger partial charge < -0.3 is 15.7 Å². The molecule has 0 aliphatic rings. The van der Waals surface area contributed by atoms with Gasteiger partial charge in [-0.15, -0.1) is 0 Å². The van der Waals surface area contributed by atoms with Crippen molar-refractivity contribution in [2.24, 2.45) is 0 Å². The van der Waals surface area contributed by atoms with Gasteiger partial charge in [0.05, 0.1) is 0 Å². The Labute approximate surface area is 140 Å². The van der Waals surface area contributed by atoms with E-state index < -0.39 is 0 Å². The lowest BCUT2D eigenvalue weighted by molar-refractivity contribution is 0.292. The first-order valence-corrected chi connectivity index (χ1v) is 7.82. The molecular formula is C18H19N5O. The smallest absolute Gasteiger partial charge is 0.226 e. The number of anilines is 3. The van der Waals surface area contributed by atoms with Gasteiger partial charge in [0, 0.05) is 30.1 Å². The van der Waals surface area contributed by atoms with Crippen molar-refractivity contribution in [1.82, 2.24) is 15.0 Å². The van der Waals surface area contributed by atoms with Gasteiger partial charge in [0.2, 0.25) is 5.95 Å². The summed E-state index contributed by atoms with van der Waals surface area (Å²) in [4.78, 5) is 12.9. The van der Waals surface area contributed by atoms with E-state index in [-0.39, 0.29) is 6.61 Å². The second-order valence-corrected chi connectivity index (χ2v) is 5.17. The fourth-order valence-corrected chi connectivity index (χ4v) is 2.25. The van der Waals surface area contributed by atoms with Gasteiger partial charge in [0.15, 0.2) is 5.82 Å². The average molecular weight is 321 g/mol. The van der Waals surface area contributed by atoms with Gasteiger partial charge >= 0.3 is 0 Å². The number of nitrogens with one attached hydrogen (secondary N) is 2. The van der Waals surface area contributed by atoms with Crippen molar-refractivity contribution in [1.29, 1.82) is 0 Å². The maximum atomic E-state index is 8.85. The summed E-state index contributed by atoms with van der Waals surface area (Å²) in [5, 5.41) is 15.3. The molecule has 24 heavy (non-hydrogen) atoms. The number of para-hydroxylation sites is 2. The van der Waals surface area contributed by atoms with Crippen molar-refractivity contribution in [3.8, 4) is 11.4 Å². The van der Waals surface area contributed by atoms with Gasteiger partial charge in [-0.1, -0.05) is 30.3 Å². The first-order chi connectivity index (χ1) is 11.9. The third kappa shape index (κ3) is 4.05. The van der Waals surface area contributed by atoms with Crippen LogP contribution in [0.2, 0.25) is 0 Å². The molecule has 0 saturated carbocycles. The second-order valence-electron chi connectivity index (χ2n) is 5.17. The Balaban J connectivity index is 1.85. The standard InChI is InChI=1S/C18H19N5O/c24-12-6-11-19-18-21-13-20-17(23-18)15-9-4-5-10-16(15)22-14-7-2-1-3-8-14/h1-5,7-10,13,22,24H,6,11-12H2,(H,19,20,21,23). The van der Waals surface area contributed by atoms with Crippen LogP contribution >= 0.6 is 0 Å². The summed E-state index contributed by atoms with van der Waals surface area (Å²) >= 11 is 0. The second kappa shape index (κ2) is 8.03. The van der Waals surface area contributed by atoms with Crippen LogP contribution in [0.3, 0.4) is 0 Å². The monoisotopic (exact) mass is 321 g/mol. The molecule has 3 aromatic rings. The van der Waals surface area contributed by atoms with Crippen LogP contribution in [0.5, 0.6) is 0 Å². The molecule has 0 fully saturated rings. The Morgan fingerprint density at radius 1 is 0.917 bits per heavy atom. The normalized spacial score (nSPS) is 10.4. The summed E-state index contributed by atoms with van der Waals surface area (Å²) in [7, 11) is 0. The fourth-order valence-electron chi connectivity index (χ4n) is 2.25. The van der Waals surface area contributed by atoms with Crippen molar-refractivity contribution in [2.45, 2.75) is 6.42 Å². The van der Waals surface area contributed by atoms with Crippen molar-refractivity contribution >= 4 is 17.3 Å². The lowest BCUT2D eigenvalue weighted by Crippen LogP contribution is -2.08. The molecule has 0 amide bonds. The summed E-state index contributed by atoms with van der Waals surface area (Å²) in [5.74, 6) is 1.10. The minimum atomic E-state index is 0.134. The number of hydrogen-bond donors (Lipinski definition) is 3. The van der Waals surface area contributed by atoms with Gasteiger partial charge in [-0.3, -0.25) is 0 Å². The van der Waals surface area contributed by atoms with Crippen LogP contribution in [0.4, 0.5) is 17.3 Å². The zero-order valence-corrected chi connectivity index (χ0v) is 13.2. The summed E-state index contributed by atoms with van der Waals surface area (Å²) < 4.78 is 0. The molecule has 2 aromatic carbocycles. The molecule has 0 spiro atoms. The highest BCUT2D eigenvalue weighted by atomic mass is 16.3. The number of aliphatic hydroxyl groups is 1. The van der Waals surface area contributed by atoms with Crippen LogP contribution < -0.4 is 10.6 Å². The van der Waals surface area contributed by atoms with Crippen molar-refractivity contribution in [3.63, 3.8) is 0 Å². The van der Waals surface area contributed by atoms with E-state index in [9.17, 15) is 0 Å². The highest BCUT2D eigenvalue weighted by Crippen LogP contribution is 2.27. The summed E-state index contributed by atoms with van der Waals surface area (Å²) in [6.07, 6.45) is 2.13. The predicted octanol–water partition coefficient (Wildman–Crippen LogP) is 3.08. The van der Waals surface area contributed by atoms with Crippen LogP contribution in [-0.4, -0.2) is 33.2 Å². The average Bonchev–Trinajstić information content (AvgIpc) is 2.64. The maximum absolute atomic E-state index is 8.85. The molecule has 0 radical (unpaired) electrons. The topological polar surface area (TPSA) is 83.0 Å². The molecule has 1 aromatic heterocycles. The summed E-state index contributed by atoms with van der Waals surface area (Å²) in [6, 6.07) is 17.8. The molecule has 3 rings (SSSR count). The first kappa shape index (κ1) is 15.9. The largest absolute Gasteiger partial charge is 0.396 e. The van der Waals surface area contributed by atoms with E-state index in [1.807, 2.05) is 54.6 Å². The lowest BCUT2D eigenvalue weighted by Gasteiger charge is -2.11. The Kier molecular flexibility index (Phi) is 5.32. The summed E-state index contributed by atoms with van der Waals surface area (Å²) in [6.45, 7) is 0.749. The molecule has 1 heterocycles. The molecule has 0 saturated heterocycles. The van der Waals surface area contributed by atoms with E-state index in [2.05, 4.69) is 25.6 Å². The maximum Gasteiger partial charge on any atom is 0.226 e. The fraction of sp³-hybridized carbons (Fsp3) is 0.167. The van der Waals surface area contributed by atoms with Crippen molar-refractivity contribution in [3.05, 3.63) is 60.9 Å². The Hall–Kier alpha value is -2.99. The summed E-state index contributed by atoms with van der Waals surface area (Å²) in [5.41, 5.74) is 2.82. The van der Waals surface area contributed by atoms with Gasteiger partial charge in [-0.25, -0.2) is 9.97 Å².